The number of anilines is 1. The molecule has 0 bridgehead atoms. The first-order valence-corrected chi connectivity index (χ1v) is 9.62. The number of amides is 1. The topological polar surface area (TPSA) is 91.5 Å². The molecule has 3 aromatic rings. The molecule has 0 saturated carbocycles. The molecule has 9 heteroatoms. The lowest BCUT2D eigenvalue weighted by atomic mass is 10.0. The Morgan fingerprint density at radius 1 is 1.30 bits per heavy atom. The molecule has 3 N–H and O–H groups in total. The number of hydrogen-bond donors (Lipinski definition) is 3. The van der Waals surface area contributed by atoms with Crippen LogP contribution in [0.2, 0.25) is 0 Å². The Hall–Kier alpha value is -3.07. The molecule has 3 rings (SSSR count). The maximum absolute atomic E-state index is 14.0. The molecule has 7 nitrogen and oxygen atoms in total. The van der Waals surface area contributed by atoms with E-state index in [1.165, 1.54) is 36.7 Å². The second-order valence-electron chi connectivity index (χ2n) is 7.96. The van der Waals surface area contributed by atoms with Crippen LogP contribution in [0.4, 0.5) is 14.6 Å². The predicted octanol–water partition coefficient (Wildman–Crippen LogP) is 3.19. The van der Waals surface area contributed by atoms with Crippen LogP contribution >= 0.6 is 0 Å². The van der Waals surface area contributed by atoms with E-state index in [0.717, 1.165) is 0 Å². The fraction of sp³-hybridized carbons (Fsp3) is 0.381. The Morgan fingerprint density at radius 3 is 2.67 bits per heavy atom. The molecule has 0 saturated heterocycles. The first-order chi connectivity index (χ1) is 14.1. The van der Waals surface area contributed by atoms with Crippen LogP contribution in [0.1, 0.15) is 38.1 Å². The van der Waals surface area contributed by atoms with E-state index in [-0.39, 0.29) is 24.0 Å². The summed E-state index contributed by atoms with van der Waals surface area (Å²) in [5.41, 5.74) is 0.141. The molecule has 1 amide bonds. The zero-order valence-corrected chi connectivity index (χ0v) is 17.3. The second kappa shape index (κ2) is 8.35. The van der Waals surface area contributed by atoms with Crippen molar-refractivity contribution in [2.24, 2.45) is 0 Å². The van der Waals surface area contributed by atoms with Crippen molar-refractivity contribution in [2.45, 2.75) is 45.5 Å². The highest BCUT2D eigenvalue weighted by Crippen LogP contribution is 2.24. The number of aromatic nitrogens is 3. The van der Waals surface area contributed by atoms with Gasteiger partial charge in [-0.2, -0.15) is 9.61 Å². The summed E-state index contributed by atoms with van der Waals surface area (Å²) in [5, 5.41) is 19.9. The first-order valence-electron chi connectivity index (χ1n) is 9.62. The summed E-state index contributed by atoms with van der Waals surface area (Å²) in [6, 6.07) is 7.68. The van der Waals surface area contributed by atoms with E-state index in [1.54, 1.807) is 18.2 Å². The Labute approximate surface area is 173 Å². The van der Waals surface area contributed by atoms with Crippen LogP contribution in [0.5, 0.6) is 0 Å². The van der Waals surface area contributed by atoms with Gasteiger partial charge < -0.3 is 15.7 Å². The minimum atomic E-state index is -1.64. The molecular formula is C21H25F2N5O2. The van der Waals surface area contributed by atoms with Crippen LogP contribution in [0.25, 0.3) is 16.9 Å². The lowest BCUT2D eigenvalue weighted by Gasteiger charge is -2.22. The molecule has 1 aromatic carbocycles. The van der Waals surface area contributed by atoms with E-state index < -0.39 is 17.7 Å². The van der Waals surface area contributed by atoms with Gasteiger partial charge in [0.1, 0.15) is 23.4 Å². The molecule has 0 fully saturated rings. The number of halogens is 2. The number of alkyl halides is 1. The van der Waals surface area contributed by atoms with Crippen LogP contribution in [0.3, 0.4) is 0 Å². The number of nitrogens with one attached hydrogen (secondary N) is 2. The fourth-order valence-corrected chi connectivity index (χ4v) is 2.83. The molecule has 0 radical (unpaired) electrons. The number of carbonyl (C=O) groups excluding carboxylic acids is 1. The number of aliphatic hydroxyl groups is 1. The van der Waals surface area contributed by atoms with Gasteiger partial charge >= 0.3 is 0 Å². The predicted molar refractivity (Wildman–Crippen MR) is 111 cm³/mol. The molecule has 160 valence electrons. The molecule has 2 heterocycles. The number of hydrogen-bond acceptors (Lipinski definition) is 5. The number of carbonyl (C=O) groups is 1. The zero-order chi connectivity index (χ0) is 22.1. The third-order valence-electron chi connectivity index (χ3n) is 4.48. The molecule has 1 unspecified atom stereocenters. The van der Waals surface area contributed by atoms with Crippen molar-refractivity contribution in [2.75, 3.05) is 11.9 Å². The SMILES string of the molecule is CC(C)Nc1c(C(=O)NCC(F)C(C)(C)O)cnc2cc(-c3cccc(F)c3)nn12. The van der Waals surface area contributed by atoms with E-state index in [4.69, 9.17) is 0 Å². The van der Waals surface area contributed by atoms with Crippen molar-refractivity contribution in [1.29, 1.82) is 0 Å². The standard InChI is InChI=1S/C21H25F2N5O2/c1-12(2)26-19-15(20(29)25-11-17(23)21(3,4)30)10-24-18-9-16(27-28(18)19)13-6-5-7-14(22)8-13/h5-10,12,17,26,30H,11H2,1-4H3,(H,25,29). The van der Waals surface area contributed by atoms with Crippen LogP contribution in [-0.4, -0.2) is 50.0 Å². The highest BCUT2D eigenvalue weighted by molar-refractivity contribution is 5.99. The smallest absolute Gasteiger partial charge is 0.256 e. The zero-order valence-electron chi connectivity index (χ0n) is 17.3. The van der Waals surface area contributed by atoms with Crippen molar-refractivity contribution in [1.82, 2.24) is 19.9 Å². The van der Waals surface area contributed by atoms with E-state index in [1.807, 2.05) is 13.8 Å². The third-order valence-corrected chi connectivity index (χ3v) is 4.48. The van der Waals surface area contributed by atoms with Crippen LogP contribution in [-0.2, 0) is 0 Å². The van der Waals surface area contributed by atoms with Crippen molar-refractivity contribution >= 4 is 17.4 Å². The summed E-state index contributed by atoms with van der Waals surface area (Å²) in [6.07, 6.45) is -0.257. The van der Waals surface area contributed by atoms with Gasteiger partial charge in [-0.3, -0.25) is 4.79 Å². The van der Waals surface area contributed by atoms with Gasteiger partial charge in [-0.25, -0.2) is 13.8 Å². The Kier molecular flexibility index (Phi) is 6.02. The van der Waals surface area contributed by atoms with Crippen molar-refractivity contribution < 1.29 is 18.7 Å². The van der Waals surface area contributed by atoms with Gasteiger partial charge in [-0.15, -0.1) is 0 Å². The van der Waals surface area contributed by atoms with E-state index in [0.29, 0.717) is 22.7 Å². The average Bonchev–Trinajstić information content (AvgIpc) is 3.10. The monoisotopic (exact) mass is 417 g/mol. The maximum atomic E-state index is 14.0. The van der Waals surface area contributed by atoms with Gasteiger partial charge in [-0.05, 0) is 39.8 Å². The van der Waals surface area contributed by atoms with Gasteiger partial charge in [0.05, 0.1) is 17.8 Å². The molecule has 30 heavy (non-hydrogen) atoms. The third kappa shape index (κ3) is 4.73. The van der Waals surface area contributed by atoms with Crippen LogP contribution in [0, 0.1) is 5.82 Å². The van der Waals surface area contributed by atoms with Crippen molar-refractivity contribution in [3.63, 3.8) is 0 Å². The van der Waals surface area contributed by atoms with Crippen LogP contribution < -0.4 is 10.6 Å². The Bertz CT molecular complexity index is 1060. The summed E-state index contributed by atoms with van der Waals surface area (Å²) in [6.45, 7) is 6.12. The summed E-state index contributed by atoms with van der Waals surface area (Å²) in [5.74, 6) is -0.554. The van der Waals surface area contributed by atoms with Gasteiger partial charge in [0.15, 0.2) is 5.65 Å². The van der Waals surface area contributed by atoms with Gasteiger partial charge in [0, 0.05) is 23.9 Å². The van der Waals surface area contributed by atoms with E-state index in [2.05, 4.69) is 20.7 Å². The number of benzene rings is 1. The summed E-state index contributed by atoms with van der Waals surface area (Å²) in [4.78, 5) is 17.0. The second-order valence-corrected chi connectivity index (χ2v) is 7.96. The van der Waals surface area contributed by atoms with Crippen LogP contribution in [0.15, 0.2) is 36.5 Å². The minimum Gasteiger partial charge on any atom is -0.387 e. The molecular weight excluding hydrogens is 392 g/mol. The van der Waals surface area contributed by atoms with Gasteiger partial charge in [-0.1, -0.05) is 12.1 Å². The molecule has 2 aromatic heterocycles. The molecule has 1 atom stereocenters. The van der Waals surface area contributed by atoms with Gasteiger partial charge in [0.2, 0.25) is 0 Å². The highest BCUT2D eigenvalue weighted by atomic mass is 19.1. The van der Waals surface area contributed by atoms with E-state index in [9.17, 15) is 18.7 Å². The first kappa shape index (κ1) is 21.6. The normalized spacial score (nSPS) is 12.9. The van der Waals surface area contributed by atoms with E-state index >= 15 is 0 Å². The summed E-state index contributed by atoms with van der Waals surface area (Å²) >= 11 is 0. The molecule has 0 aliphatic carbocycles. The lowest BCUT2D eigenvalue weighted by molar-refractivity contribution is -0.00177. The maximum Gasteiger partial charge on any atom is 0.256 e. The molecule has 0 aliphatic rings. The number of fused-ring (bicyclic) bond motifs is 1. The fourth-order valence-electron chi connectivity index (χ4n) is 2.83. The number of nitrogens with zero attached hydrogens (tertiary/aromatic N) is 3. The molecule has 0 spiro atoms. The minimum absolute atomic E-state index is 0.0331. The number of rotatable bonds is 7. The van der Waals surface area contributed by atoms with Crippen molar-refractivity contribution in [3.05, 3.63) is 47.9 Å². The van der Waals surface area contributed by atoms with Gasteiger partial charge in [0.25, 0.3) is 5.91 Å². The largest absolute Gasteiger partial charge is 0.387 e. The summed E-state index contributed by atoms with van der Waals surface area (Å²) < 4.78 is 29.1. The Morgan fingerprint density at radius 2 is 2.03 bits per heavy atom. The average molecular weight is 417 g/mol. The Balaban J connectivity index is 1.99. The molecule has 0 aliphatic heterocycles. The van der Waals surface area contributed by atoms with Crippen molar-refractivity contribution in [3.8, 4) is 11.3 Å². The lowest BCUT2D eigenvalue weighted by Crippen LogP contribution is -2.42. The summed E-state index contributed by atoms with van der Waals surface area (Å²) in [7, 11) is 0. The highest BCUT2D eigenvalue weighted by Gasteiger charge is 2.27. The quantitative estimate of drug-likeness (QED) is 0.549.